The number of hydrogen-bond donors (Lipinski definition) is 2. The molecule has 0 aliphatic carbocycles. The first-order chi connectivity index (χ1) is 10.2. The summed E-state index contributed by atoms with van der Waals surface area (Å²) in [6, 6.07) is 14.2. The Labute approximate surface area is 137 Å². The van der Waals surface area contributed by atoms with Crippen LogP contribution >= 0.6 is 12.4 Å². The van der Waals surface area contributed by atoms with E-state index in [1.165, 1.54) is 16.8 Å². The fourth-order valence-corrected chi connectivity index (χ4v) is 2.65. The number of aryl methyl sites for hydroxylation is 2. The zero-order valence-electron chi connectivity index (χ0n) is 12.7. The first kappa shape index (κ1) is 16.4. The summed E-state index contributed by atoms with van der Waals surface area (Å²) < 4.78 is 0. The van der Waals surface area contributed by atoms with Crippen LogP contribution in [-0.2, 0) is 17.6 Å². The van der Waals surface area contributed by atoms with Gasteiger partial charge in [0, 0.05) is 17.9 Å². The van der Waals surface area contributed by atoms with E-state index in [9.17, 15) is 4.79 Å². The first-order valence-corrected chi connectivity index (χ1v) is 7.43. The molecule has 0 fully saturated rings. The molecule has 1 heterocycles. The number of halogens is 1. The molecular weight excluding hydrogens is 296 g/mol. The fraction of sp³-hybridized carbons (Fsp3) is 0.278. The molecule has 22 heavy (non-hydrogen) atoms. The van der Waals surface area contributed by atoms with Crippen LogP contribution < -0.4 is 10.6 Å². The van der Waals surface area contributed by atoms with Gasteiger partial charge in [-0.05, 0) is 49.1 Å². The van der Waals surface area contributed by atoms with Crippen molar-refractivity contribution in [3.05, 3.63) is 59.2 Å². The van der Waals surface area contributed by atoms with Gasteiger partial charge in [-0.15, -0.1) is 12.4 Å². The smallest absolute Gasteiger partial charge is 0.228 e. The molecule has 1 amide bonds. The lowest BCUT2D eigenvalue weighted by Crippen LogP contribution is -2.16. The van der Waals surface area contributed by atoms with Gasteiger partial charge in [-0.1, -0.05) is 29.8 Å². The molecule has 0 bridgehead atoms. The van der Waals surface area contributed by atoms with Crippen LogP contribution in [0.5, 0.6) is 0 Å². The maximum Gasteiger partial charge on any atom is 0.228 e. The maximum absolute atomic E-state index is 12.1. The van der Waals surface area contributed by atoms with Gasteiger partial charge in [0.05, 0.1) is 6.42 Å². The largest absolute Gasteiger partial charge is 0.385 e. The van der Waals surface area contributed by atoms with E-state index in [0.717, 1.165) is 30.6 Å². The Hall–Kier alpha value is -2.00. The van der Waals surface area contributed by atoms with Gasteiger partial charge in [-0.2, -0.15) is 0 Å². The van der Waals surface area contributed by atoms with Crippen LogP contribution in [0.15, 0.2) is 42.5 Å². The molecule has 2 aromatic rings. The van der Waals surface area contributed by atoms with Crippen LogP contribution in [0.3, 0.4) is 0 Å². The third kappa shape index (κ3) is 4.01. The molecule has 1 aliphatic heterocycles. The van der Waals surface area contributed by atoms with Crippen molar-refractivity contribution in [2.24, 2.45) is 0 Å². The summed E-state index contributed by atoms with van der Waals surface area (Å²) in [6.07, 6.45) is 2.63. The lowest BCUT2D eigenvalue weighted by atomic mass is 10.0. The Morgan fingerprint density at radius 1 is 1.18 bits per heavy atom. The molecule has 116 valence electrons. The Bertz CT molecular complexity index is 653. The maximum atomic E-state index is 12.1. The second-order valence-corrected chi connectivity index (χ2v) is 5.61. The van der Waals surface area contributed by atoms with Crippen LogP contribution in [0.2, 0.25) is 0 Å². The topological polar surface area (TPSA) is 41.1 Å². The van der Waals surface area contributed by atoms with E-state index in [-0.39, 0.29) is 18.3 Å². The molecule has 3 nitrogen and oxygen atoms in total. The minimum absolute atomic E-state index is 0. The van der Waals surface area contributed by atoms with E-state index in [2.05, 4.69) is 22.8 Å². The van der Waals surface area contributed by atoms with Crippen LogP contribution in [0.25, 0.3) is 0 Å². The molecule has 2 N–H and O–H groups in total. The van der Waals surface area contributed by atoms with E-state index in [1.54, 1.807) is 0 Å². The highest BCUT2D eigenvalue weighted by molar-refractivity contribution is 5.92. The molecule has 3 rings (SSSR count). The van der Waals surface area contributed by atoms with E-state index < -0.39 is 0 Å². The van der Waals surface area contributed by atoms with Crippen molar-refractivity contribution in [2.75, 3.05) is 17.2 Å². The van der Waals surface area contributed by atoms with Crippen molar-refractivity contribution in [3.8, 4) is 0 Å². The third-order valence-corrected chi connectivity index (χ3v) is 3.81. The summed E-state index contributed by atoms with van der Waals surface area (Å²) in [5, 5.41) is 6.36. The SMILES string of the molecule is Cc1ccc(CC(=O)Nc2ccc3c(c2)CCCN3)cc1.Cl. The molecule has 0 radical (unpaired) electrons. The molecule has 0 saturated heterocycles. The van der Waals surface area contributed by atoms with Gasteiger partial charge in [-0.25, -0.2) is 0 Å². The number of amides is 1. The second-order valence-electron chi connectivity index (χ2n) is 5.61. The van der Waals surface area contributed by atoms with Crippen molar-refractivity contribution in [1.82, 2.24) is 0 Å². The van der Waals surface area contributed by atoms with Gasteiger partial charge in [0.1, 0.15) is 0 Å². The second kappa shape index (κ2) is 7.32. The van der Waals surface area contributed by atoms with Gasteiger partial charge in [0.15, 0.2) is 0 Å². The normalized spacial score (nSPS) is 12.6. The zero-order chi connectivity index (χ0) is 14.7. The van der Waals surface area contributed by atoms with Crippen LogP contribution in [0.4, 0.5) is 11.4 Å². The fourth-order valence-electron chi connectivity index (χ4n) is 2.65. The van der Waals surface area contributed by atoms with Crippen molar-refractivity contribution >= 4 is 29.7 Å². The first-order valence-electron chi connectivity index (χ1n) is 7.43. The van der Waals surface area contributed by atoms with Crippen molar-refractivity contribution in [1.29, 1.82) is 0 Å². The van der Waals surface area contributed by atoms with E-state index in [0.29, 0.717) is 6.42 Å². The summed E-state index contributed by atoms with van der Waals surface area (Å²) >= 11 is 0. The number of nitrogens with one attached hydrogen (secondary N) is 2. The van der Waals surface area contributed by atoms with Crippen molar-refractivity contribution in [2.45, 2.75) is 26.2 Å². The van der Waals surface area contributed by atoms with Crippen LogP contribution in [-0.4, -0.2) is 12.5 Å². The molecule has 0 atom stereocenters. The summed E-state index contributed by atoms with van der Waals surface area (Å²) in [5.41, 5.74) is 5.61. The van der Waals surface area contributed by atoms with Gasteiger partial charge in [0.2, 0.25) is 5.91 Å². The molecule has 0 aromatic heterocycles. The highest BCUT2D eigenvalue weighted by Crippen LogP contribution is 2.25. The van der Waals surface area contributed by atoms with Gasteiger partial charge >= 0.3 is 0 Å². The number of carbonyl (C=O) groups excluding carboxylic acids is 1. The van der Waals surface area contributed by atoms with E-state index in [1.807, 2.05) is 37.3 Å². The molecular formula is C18H21ClN2O. The third-order valence-electron chi connectivity index (χ3n) is 3.81. The van der Waals surface area contributed by atoms with E-state index in [4.69, 9.17) is 0 Å². The van der Waals surface area contributed by atoms with Crippen molar-refractivity contribution in [3.63, 3.8) is 0 Å². The van der Waals surface area contributed by atoms with Crippen molar-refractivity contribution < 1.29 is 4.79 Å². The number of hydrogen-bond acceptors (Lipinski definition) is 2. The average molecular weight is 317 g/mol. The number of carbonyl (C=O) groups is 1. The highest BCUT2D eigenvalue weighted by atomic mass is 35.5. The quantitative estimate of drug-likeness (QED) is 0.900. The highest BCUT2D eigenvalue weighted by Gasteiger charge is 2.10. The zero-order valence-corrected chi connectivity index (χ0v) is 13.5. The Morgan fingerprint density at radius 2 is 1.95 bits per heavy atom. The standard InChI is InChI=1S/C18H20N2O.ClH/c1-13-4-6-14(7-5-13)11-18(21)20-16-8-9-17-15(12-16)3-2-10-19-17;/h4-9,12,19H,2-3,10-11H2,1H3,(H,20,21);1H. The van der Waals surface area contributed by atoms with E-state index >= 15 is 0 Å². The van der Waals surface area contributed by atoms with Gasteiger partial charge in [0.25, 0.3) is 0 Å². The number of benzene rings is 2. The van der Waals surface area contributed by atoms with Crippen LogP contribution in [0, 0.1) is 6.92 Å². The lowest BCUT2D eigenvalue weighted by Gasteiger charge is -2.18. The lowest BCUT2D eigenvalue weighted by molar-refractivity contribution is -0.115. The molecule has 2 aromatic carbocycles. The monoisotopic (exact) mass is 316 g/mol. The average Bonchev–Trinajstić information content (AvgIpc) is 2.49. The summed E-state index contributed by atoms with van der Waals surface area (Å²) in [4.78, 5) is 12.1. The number of anilines is 2. The van der Waals surface area contributed by atoms with Crippen LogP contribution in [0.1, 0.15) is 23.1 Å². The summed E-state index contributed by atoms with van der Waals surface area (Å²) in [7, 11) is 0. The molecule has 0 unspecified atom stereocenters. The van der Waals surface area contributed by atoms with Gasteiger partial charge < -0.3 is 10.6 Å². The number of fused-ring (bicyclic) bond motifs is 1. The summed E-state index contributed by atoms with van der Waals surface area (Å²) in [6.45, 7) is 3.08. The minimum Gasteiger partial charge on any atom is -0.385 e. The van der Waals surface area contributed by atoms with Gasteiger partial charge in [-0.3, -0.25) is 4.79 Å². The molecule has 0 saturated carbocycles. The molecule has 4 heteroatoms. The Morgan fingerprint density at radius 3 is 2.73 bits per heavy atom. The molecule has 0 spiro atoms. The minimum atomic E-state index is 0. The Kier molecular flexibility index (Phi) is 5.45. The predicted molar refractivity (Wildman–Crippen MR) is 94.0 cm³/mol. The number of rotatable bonds is 3. The predicted octanol–water partition coefficient (Wildman–Crippen LogP) is 3.96. The summed E-state index contributed by atoms with van der Waals surface area (Å²) in [5.74, 6) is 0.0302. The molecule has 1 aliphatic rings. The Balaban J connectivity index is 0.00000176.